The highest BCUT2D eigenvalue weighted by molar-refractivity contribution is 6.15. The maximum absolute atomic E-state index is 5.33. The molecule has 12 rings (SSSR count). The molecule has 0 amide bonds. The zero-order valence-electron chi connectivity index (χ0n) is 33.8. The standard InChI is InChI=1S/C59H39N3/c1-4-14-47-44(11-1)33-54(52-19-9-7-17-50(47)52)38-21-27-41(28-22-38)57-35-58(42-29-23-40(24-30-42)56-37-60-36-46-13-3-6-16-49(46)56)62-59(61-57)43-31-25-39(26-32-43)55-34-45-12-2-5-15-48(45)51-18-8-10-20-53(51)55/h1-37,57H,(H,61,62). The minimum absolute atomic E-state index is 0.106. The number of hydrogen-bond donors (Lipinski definition) is 1. The molecule has 1 N–H and O–H groups in total. The Morgan fingerprint density at radius 1 is 0.339 bits per heavy atom. The van der Waals surface area contributed by atoms with E-state index in [1.165, 1.54) is 76.3 Å². The first-order valence-corrected chi connectivity index (χ1v) is 21.2. The van der Waals surface area contributed by atoms with Crippen molar-refractivity contribution in [1.29, 1.82) is 0 Å². The van der Waals surface area contributed by atoms with Gasteiger partial charge in [-0.3, -0.25) is 4.98 Å². The fraction of sp³-hybridized carbons (Fsp3) is 0.0169. The van der Waals surface area contributed by atoms with Crippen LogP contribution in [0.25, 0.3) is 92.9 Å². The number of fused-ring (bicyclic) bond motifs is 7. The summed E-state index contributed by atoms with van der Waals surface area (Å²) in [5.41, 5.74) is 11.3. The summed E-state index contributed by atoms with van der Waals surface area (Å²) in [5.74, 6) is 0.842. The summed E-state index contributed by atoms with van der Waals surface area (Å²) >= 11 is 0. The number of aliphatic imine (C=N–C) groups is 1. The van der Waals surface area contributed by atoms with Gasteiger partial charge in [-0.15, -0.1) is 0 Å². The van der Waals surface area contributed by atoms with Crippen LogP contribution in [-0.2, 0) is 0 Å². The molecule has 1 aliphatic rings. The van der Waals surface area contributed by atoms with Crippen molar-refractivity contribution >= 4 is 65.4 Å². The van der Waals surface area contributed by atoms with E-state index in [0.29, 0.717) is 0 Å². The molecule has 1 unspecified atom stereocenters. The van der Waals surface area contributed by atoms with Crippen molar-refractivity contribution in [3.63, 3.8) is 0 Å². The van der Waals surface area contributed by atoms with Crippen molar-refractivity contribution < 1.29 is 0 Å². The van der Waals surface area contributed by atoms with Crippen LogP contribution in [0, 0.1) is 0 Å². The molecule has 0 fully saturated rings. The van der Waals surface area contributed by atoms with E-state index >= 15 is 0 Å². The van der Waals surface area contributed by atoms with Crippen LogP contribution >= 0.6 is 0 Å². The summed E-state index contributed by atoms with van der Waals surface area (Å²) in [6, 6.07) is 74.5. The molecular weight excluding hydrogens is 751 g/mol. The molecule has 62 heavy (non-hydrogen) atoms. The Balaban J connectivity index is 0.928. The molecule has 0 radical (unpaired) electrons. The highest BCUT2D eigenvalue weighted by atomic mass is 15.0. The Bertz CT molecular complexity index is 3580. The second kappa shape index (κ2) is 14.8. The van der Waals surface area contributed by atoms with Gasteiger partial charge < -0.3 is 5.32 Å². The quantitative estimate of drug-likeness (QED) is 0.170. The molecule has 0 saturated heterocycles. The summed E-state index contributed by atoms with van der Waals surface area (Å²) in [5, 5.41) is 16.2. The molecule has 290 valence electrons. The maximum atomic E-state index is 5.33. The van der Waals surface area contributed by atoms with Crippen LogP contribution in [-0.4, -0.2) is 10.8 Å². The average molecular weight is 790 g/mol. The van der Waals surface area contributed by atoms with Crippen molar-refractivity contribution in [2.75, 3.05) is 0 Å². The molecule has 10 aromatic carbocycles. The van der Waals surface area contributed by atoms with E-state index in [2.05, 4.69) is 223 Å². The van der Waals surface area contributed by atoms with Gasteiger partial charge in [-0.1, -0.05) is 194 Å². The number of nitrogens with zero attached hydrogens (tertiary/aromatic N) is 2. The van der Waals surface area contributed by atoms with Gasteiger partial charge >= 0.3 is 0 Å². The van der Waals surface area contributed by atoms with Crippen LogP contribution in [0.2, 0.25) is 0 Å². The van der Waals surface area contributed by atoms with Crippen molar-refractivity contribution in [3.05, 3.63) is 241 Å². The van der Waals surface area contributed by atoms with Crippen LogP contribution in [0.3, 0.4) is 0 Å². The van der Waals surface area contributed by atoms with E-state index in [1.54, 1.807) is 0 Å². The Morgan fingerprint density at radius 3 is 1.35 bits per heavy atom. The SMILES string of the molecule is C1=C(c2ccc(-c3cncc4ccccc34)cc2)N=C(c2ccc(-c3cc4ccccc4c4ccccc34)cc2)NC1c1ccc(-c2cc3ccccc3c3ccccc23)cc1. The van der Waals surface area contributed by atoms with Crippen molar-refractivity contribution in [3.8, 4) is 33.4 Å². The number of nitrogens with one attached hydrogen (secondary N) is 1. The largest absolute Gasteiger partial charge is 0.359 e. The second-order valence-electron chi connectivity index (χ2n) is 16.2. The Morgan fingerprint density at radius 2 is 0.774 bits per heavy atom. The van der Waals surface area contributed by atoms with Crippen molar-refractivity contribution in [2.45, 2.75) is 6.04 Å². The van der Waals surface area contributed by atoms with Crippen LogP contribution in [0.1, 0.15) is 22.7 Å². The van der Waals surface area contributed by atoms with Crippen LogP contribution in [0.4, 0.5) is 0 Å². The Hall–Kier alpha value is -8.14. The Labute approximate surface area is 360 Å². The molecule has 3 nitrogen and oxygen atoms in total. The highest BCUT2D eigenvalue weighted by Gasteiger charge is 2.21. The van der Waals surface area contributed by atoms with Gasteiger partial charge in [0, 0.05) is 28.9 Å². The van der Waals surface area contributed by atoms with Gasteiger partial charge in [-0.25, -0.2) is 4.99 Å². The minimum Gasteiger partial charge on any atom is -0.359 e. The van der Waals surface area contributed by atoms with Gasteiger partial charge in [0.1, 0.15) is 5.84 Å². The molecule has 1 aromatic heterocycles. The predicted octanol–water partition coefficient (Wildman–Crippen LogP) is 15.0. The summed E-state index contributed by atoms with van der Waals surface area (Å²) in [7, 11) is 0. The number of benzene rings is 10. The van der Waals surface area contributed by atoms with Gasteiger partial charge in [0.2, 0.25) is 0 Å². The third-order valence-electron chi connectivity index (χ3n) is 12.6. The smallest absolute Gasteiger partial charge is 0.134 e. The monoisotopic (exact) mass is 789 g/mol. The van der Waals surface area contributed by atoms with Crippen LogP contribution in [0.15, 0.2) is 230 Å². The lowest BCUT2D eigenvalue weighted by Crippen LogP contribution is -2.31. The van der Waals surface area contributed by atoms with Gasteiger partial charge in [0.25, 0.3) is 0 Å². The molecule has 0 spiro atoms. The summed E-state index contributed by atoms with van der Waals surface area (Å²) < 4.78 is 0. The predicted molar refractivity (Wildman–Crippen MR) is 261 cm³/mol. The molecule has 0 saturated carbocycles. The Kier molecular flexibility index (Phi) is 8.57. The number of hydrogen-bond acceptors (Lipinski definition) is 3. The minimum atomic E-state index is -0.106. The number of rotatable bonds is 6. The lowest BCUT2D eigenvalue weighted by molar-refractivity contribution is 0.781. The third kappa shape index (κ3) is 6.22. The molecule has 3 heteroatoms. The van der Waals surface area contributed by atoms with E-state index in [0.717, 1.165) is 39.2 Å². The first kappa shape index (κ1) is 35.8. The zero-order chi connectivity index (χ0) is 41.0. The van der Waals surface area contributed by atoms with E-state index in [-0.39, 0.29) is 6.04 Å². The second-order valence-corrected chi connectivity index (χ2v) is 16.2. The van der Waals surface area contributed by atoms with Gasteiger partial charge in [-0.05, 0) is 106 Å². The molecular formula is C59H39N3. The number of pyridine rings is 1. The molecule has 0 aliphatic carbocycles. The van der Waals surface area contributed by atoms with E-state index in [1.807, 2.05) is 12.4 Å². The lowest BCUT2D eigenvalue weighted by Gasteiger charge is -2.25. The first-order chi connectivity index (χ1) is 30.7. The van der Waals surface area contributed by atoms with Gasteiger partial charge in [-0.2, -0.15) is 0 Å². The van der Waals surface area contributed by atoms with Gasteiger partial charge in [0.05, 0.1) is 11.7 Å². The summed E-state index contributed by atoms with van der Waals surface area (Å²) in [6.45, 7) is 0. The topological polar surface area (TPSA) is 37.3 Å². The maximum Gasteiger partial charge on any atom is 0.134 e. The van der Waals surface area contributed by atoms with Crippen molar-refractivity contribution in [1.82, 2.24) is 10.3 Å². The molecule has 2 heterocycles. The zero-order valence-corrected chi connectivity index (χ0v) is 33.8. The molecule has 11 aromatic rings. The average Bonchev–Trinajstić information content (AvgIpc) is 3.36. The molecule has 1 atom stereocenters. The van der Waals surface area contributed by atoms with E-state index in [9.17, 15) is 0 Å². The van der Waals surface area contributed by atoms with E-state index in [4.69, 9.17) is 4.99 Å². The lowest BCUT2D eigenvalue weighted by atomic mass is 9.92. The number of amidine groups is 1. The summed E-state index contributed by atoms with van der Waals surface area (Å²) in [4.78, 5) is 9.88. The third-order valence-corrected chi connectivity index (χ3v) is 12.6. The highest BCUT2D eigenvalue weighted by Crippen LogP contribution is 2.38. The van der Waals surface area contributed by atoms with Gasteiger partial charge in [0.15, 0.2) is 0 Å². The molecule has 1 aliphatic heterocycles. The fourth-order valence-electron chi connectivity index (χ4n) is 9.46. The normalized spacial score (nSPS) is 14.0. The van der Waals surface area contributed by atoms with E-state index < -0.39 is 0 Å². The van der Waals surface area contributed by atoms with Crippen molar-refractivity contribution in [2.24, 2.45) is 4.99 Å². The number of aromatic nitrogens is 1. The summed E-state index contributed by atoms with van der Waals surface area (Å²) in [6.07, 6.45) is 6.15. The molecule has 0 bridgehead atoms. The van der Waals surface area contributed by atoms with Crippen LogP contribution in [0.5, 0.6) is 0 Å². The van der Waals surface area contributed by atoms with Crippen LogP contribution < -0.4 is 5.32 Å². The fourth-order valence-corrected chi connectivity index (χ4v) is 9.46. The first-order valence-electron chi connectivity index (χ1n) is 21.2.